The van der Waals surface area contributed by atoms with Gasteiger partial charge in [-0.2, -0.15) is 5.26 Å². The maximum atomic E-state index is 12.8. The van der Waals surface area contributed by atoms with E-state index < -0.39 is 56.9 Å². The van der Waals surface area contributed by atoms with Crippen molar-refractivity contribution in [1.82, 2.24) is 9.80 Å². The molecule has 1 aliphatic heterocycles. The van der Waals surface area contributed by atoms with Crippen LogP contribution in [0.2, 0.25) is 0 Å². The fraction of sp³-hybridized carbons (Fsp3) is 0.381. The molecule has 1 aromatic rings. The van der Waals surface area contributed by atoms with Crippen molar-refractivity contribution < 1.29 is 29.8 Å². The zero-order valence-corrected chi connectivity index (χ0v) is 17.7. The summed E-state index contributed by atoms with van der Waals surface area (Å²) in [5.74, 6) is 1.33. The molecule has 0 saturated carbocycles. The summed E-state index contributed by atoms with van der Waals surface area (Å²) in [6.07, 6.45) is 1.42. The molecule has 3 N–H and O–H groups in total. The molecule has 0 spiro atoms. The van der Waals surface area contributed by atoms with Crippen molar-refractivity contribution in [2.75, 3.05) is 20.6 Å². The van der Waals surface area contributed by atoms with E-state index in [9.17, 15) is 40.3 Å². The number of aromatic hydroxyl groups is 2. The van der Waals surface area contributed by atoms with E-state index in [0.29, 0.717) is 13.0 Å². The predicted molar refractivity (Wildman–Crippen MR) is 112 cm³/mol. The fourth-order valence-electron chi connectivity index (χ4n) is 3.06. The topological polar surface area (TPSA) is 168 Å². The summed E-state index contributed by atoms with van der Waals surface area (Å²) in [4.78, 5) is 37.6. The van der Waals surface area contributed by atoms with Gasteiger partial charge in [-0.05, 0) is 25.8 Å². The van der Waals surface area contributed by atoms with Crippen molar-refractivity contribution in [2.45, 2.75) is 25.8 Å². The maximum Gasteiger partial charge on any atom is 0.315 e. The second kappa shape index (κ2) is 9.71. The van der Waals surface area contributed by atoms with Crippen LogP contribution in [0, 0.1) is 39.2 Å². The number of likely N-dealkylation sites (N-methyl/N-ethyl adjacent to an activating group) is 1. The Balaban J connectivity index is 2.33. The molecule has 2 rings (SSSR count). The molecule has 11 heteroatoms. The van der Waals surface area contributed by atoms with Gasteiger partial charge in [0, 0.05) is 32.3 Å². The number of likely N-dealkylation sites (tertiary alicyclic amines) is 1. The summed E-state index contributed by atoms with van der Waals surface area (Å²) in [7, 11) is 3.03. The third kappa shape index (κ3) is 4.90. The van der Waals surface area contributed by atoms with Crippen LogP contribution in [0.15, 0.2) is 17.7 Å². The Morgan fingerprint density at radius 2 is 2.06 bits per heavy atom. The van der Waals surface area contributed by atoms with E-state index in [-0.39, 0.29) is 5.91 Å². The van der Waals surface area contributed by atoms with E-state index in [0.717, 1.165) is 23.5 Å². The van der Waals surface area contributed by atoms with Crippen LogP contribution in [0.25, 0.3) is 5.76 Å². The van der Waals surface area contributed by atoms with E-state index in [1.54, 1.807) is 24.9 Å². The summed E-state index contributed by atoms with van der Waals surface area (Å²) in [6.45, 7) is 2.23. The highest BCUT2D eigenvalue weighted by molar-refractivity contribution is 6.03. The second-order valence-electron chi connectivity index (χ2n) is 7.29. The number of nitro benzene ring substituents is 1. The summed E-state index contributed by atoms with van der Waals surface area (Å²) in [5.41, 5.74) is -2.06. The van der Waals surface area contributed by atoms with Crippen LogP contribution in [0.1, 0.15) is 25.3 Å². The molecule has 0 aromatic heterocycles. The van der Waals surface area contributed by atoms with Crippen molar-refractivity contribution in [1.29, 1.82) is 5.26 Å². The summed E-state index contributed by atoms with van der Waals surface area (Å²) in [6, 6.07) is 2.35. The lowest BCUT2D eigenvalue weighted by Crippen LogP contribution is -2.38. The van der Waals surface area contributed by atoms with E-state index in [2.05, 4.69) is 11.8 Å². The van der Waals surface area contributed by atoms with Crippen molar-refractivity contribution in [3.8, 4) is 29.4 Å². The number of nitro groups is 1. The first kappa shape index (κ1) is 24.0. The van der Waals surface area contributed by atoms with Gasteiger partial charge in [-0.1, -0.05) is 11.8 Å². The first-order chi connectivity index (χ1) is 15.0. The monoisotopic (exact) mass is 442 g/mol. The van der Waals surface area contributed by atoms with Crippen molar-refractivity contribution in [3.63, 3.8) is 0 Å². The smallest absolute Gasteiger partial charge is 0.315 e. The summed E-state index contributed by atoms with van der Waals surface area (Å²) in [5, 5.41) is 50.1. The van der Waals surface area contributed by atoms with Gasteiger partial charge < -0.3 is 25.1 Å². The largest absolute Gasteiger partial charge is 0.506 e. The van der Waals surface area contributed by atoms with Crippen LogP contribution >= 0.6 is 0 Å². The van der Waals surface area contributed by atoms with Gasteiger partial charge in [0.25, 0.3) is 5.91 Å². The van der Waals surface area contributed by atoms with Gasteiger partial charge in [0.05, 0.1) is 16.9 Å². The summed E-state index contributed by atoms with van der Waals surface area (Å²) >= 11 is 0. The molecule has 11 nitrogen and oxygen atoms in total. The minimum absolute atomic E-state index is 0.103. The standard InChI is InChI=1S/C21H22N4O7/c1-12(6-7-13-5-4-8-23(2)20(13)29)24(3)21(30)15(11-22)18(27)14-9-16(25(31)32)19(28)17(26)10-14/h9-10,12-13,26-28H,4-5,8H2,1-3H3/b18-15-. The molecule has 2 atom stereocenters. The molecule has 2 amide bonds. The van der Waals surface area contributed by atoms with Crippen molar-refractivity contribution >= 4 is 23.3 Å². The number of phenolic OH excluding ortho intramolecular Hbond substituents is 2. The van der Waals surface area contributed by atoms with Crippen LogP contribution < -0.4 is 0 Å². The average molecular weight is 442 g/mol. The Hall–Kier alpha value is -4.25. The number of phenols is 2. The van der Waals surface area contributed by atoms with Gasteiger partial charge in [0.1, 0.15) is 11.8 Å². The maximum absolute atomic E-state index is 12.8. The number of nitrogens with zero attached hydrogens (tertiary/aromatic N) is 4. The first-order valence-electron chi connectivity index (χ1n) is 9.56. The number of carbonyl (C=O) groups is 2. The quantitative estimate of drug-likeness (QED) is 0.120. The Morgan fingerprint density at radius 3 is 2.66 bits per heavy atom. The second-order valence-corrected chi connectivity index (χ2v) is 7.29. The molecule has 0 bridgehead atoms. The molecule has 1 heterocycles. The lowest BCUT2D eigenvalue weighted by molar-refractivity contribution is -0.386. The molecule has 0 radical (unpaired) electrons. The average Bonchev–Trinajstić information content (AvgIpc) is 2.75. The van der Waals surface area contributed by atoms with Crippen LogP contribution in [-0.2, 0) is 9.59 Å². The minimum atomic E-state index is -1.01. The van der Waals surface area contributed by atoms with Crippen molar-refractivity contribution in [3.05, 3.63) is 33.4 Å². The van der Waals surface area contributed by atoms with Crippen molar-refractivity contribution in [2.24, 2.45) is 5.92 Å². The number of benzene rings is 1. The normalized spacial score (nSPS) is 17.4. The number of piperidine rings is 1. The number of carbonyl (C=O) groups excluding carboxylic acids is 2. The number of hydrogen-bond donors (Lipinski definition) is 3. The lowest BCUT2D eigenvalue weighted by atomic mass is 9.97. The van der Waals surface area contributed by atoms with Crippen LogP contribution in [-0.4, -0.2) is 68.5 Å². The number of aliphatic hydroxyl groups is 1. The predicted octanol–water partition coefficient (Wildman–Crippen LogP) is 1.52. The molecule has 168 valence electrons. The highest BCUT2D eigenvalue weighted by Crippen LogP contribution is 2.38. The minimum Gasteiger partial charge on any atom is -0.506 e. The number of rotatable bonds is 4. The van der Waals surface area contributed by atoms with Gasteiger partial charge in [0.2, 0.25) is 11.7 Å². The van der Waals surface area contributed by atoms with Gasteiger partial charge in [-0.15, -0.1) is 0 Å². The molecule has 1 aromatic carbocycles. The molecule has 2 unspecified atom stereocenters. The van der Waals surface area contributed by atoms with Gasteiger partial charge in [-0.3, -0.25) is 19.7 Å². The van der Waals surface area contributed by atoms with Crippen LogP contribution in [0.4, 0.5) is 5.69 Å². The molecular formula is C21H22N4O7. The number of aliphatic hydroxyl groups excluding tert-OH is 1. The van der Waals surface area contributed by atoms with Crippen LogP contribution in [0.3, 0.4) is 0 Å². The number of nitriles is 1. The summed E-state index contributed by atoms with van der Waals surface area (Å²) < 4.78 is 0. The van der Waals surface area contributed by atoms with E-state index in [4.69, 9.17) is 0 Å². The number of amides is 2. The Morgan fingerprint density at radius 1 is 1.41 bits per heavy atom. The third-order valence-electron chi connectivity index (χ3n) is 5.13. The van der Waals surface area contributed by atoms with Gasteiger partial charge in [0.15, 0.2) is 11.3 Å². The van der Waals surface area contributed by atoms with Gasteiger partial charge in [-0.25, -0.2) is 0 Å². The molecule has 1 aliphatic rings. The van der Waals surface area contributed by atoms with E-state index >= 15 is 0 Å². The third-order valence-corrected chi connectivity index (χ3v) is 5.13. The zero-order chi connectivity index (χ0) is 24.2. The first-order valence-corrected chi connectivity index (χ1v) is 9.56. The van der Waals surface area contributed by atoms with E-state index in [1.165, 1.54) is 7.05 Å². The van der Waals surface area contributed by atoms with E-state index in [1.807, 2.05) is 0 Å². The van der Waals surface area contributed by atoms with Crippen LogP contribution in [0.5, 0.6) is 11.5 Å². The Kier molecular flexibility index (Phi) is 7.29. The number of hydrogen-bond acceptors (Lipinski definition) is 8. The molecule has 1 fully saturated rings. The molecule has 0 aliphatic carbocycles. The zero-order valence-electron chi connectivity index (χ0n) is 17.7. The van der Waals surface area contributed by atoms with Gasteiger partial charge >= 0.3 is 5.69 Å². The highest BCUT2D eigenvalue weighted by Gasteiger charge is 2.27. The SMILES string of the molecule is CC(C#CC1CCCN(C)C1=O)N(C)C(=O)/C(C#N)=C(\O)c1cc(O)c(O)c([N+](=O)[O-])c1. The molecular weight excluding hydrogens is 420 g/mol. The Labute approximate surface area is 183 Å². The molecule has 1 saturated heterocycles. The fourth-order valence-corrected chi connectivity index (χ4v) is 3.06. The lowest BCUT2D eigenvalue weighted by Gasteiger charge is -2.26. The highest BCUT2D eigenvalue weighted by atomic mass is 16.6. The molecule has 32 heavy (non-hydrogen) atoms. The Bertz CT molecular complexity index is 1090.